The molecular formula is C21H33N5O3. The lowest BCUT2D eigenvalue weighted by Crippen LogP contribution is -2.40. The second-order valence-electron chi connectivity index (χ2n) is 8.40. The summed E-state index contributed by atoms with van der Waals surface area (Å²) in [5, 5.41) is 3.26. The van der Waals surface area contributed by atoms with Gasteiger partial charge in [0.2, 0.25) is 5.91 Å². The molecule has 3 aliphatic rings. The largest absolute Gasteiger partial charge is 0.376 e. The molecule has 1 aromatic heterocycles. The Morgan fingerprint density at radius 1 is 1.24 bits per heavy atom. The van der Waals surface area contributed by atoms with Crippen LogP contribution in [0.3, 0.4) is 0 Å². The summed E-state index contributed by atoms with van der Waals surface area (Å²) in [4.78, 5) is 26.4. The van der Waals surface area contributed by atoms with Crippen LogP contribution in [-0.2, 0) is 27.2 Å². The van der Waals surface area contributed by atoms with Gasteiger partial charge in [0.15, 0.2) is 0 Å². The van der Waals surface area contributed by atoms with Gasteiger partial charge >= 0.3 is 0 Å². The van der Waals surface area contributed by atoms with Gasteiger partial charge in [0.05, 0.1) is 18.4 Å². The third-order valence-corrected chi connectivity index (χ3v) is 6.27. The maximum Gasteiger partial charge on any atom is 0.248 e. The third kappa shape index (κ3) is 4.87. The van der Waals surface area contributed by atoms with Gasteiger partial charge in [-0.15, -0.1) is 0 Å². The Morgan fingerprint density at radius 3 is 2.79 bits per heavy atom. The summed E-state index contributed by atoms with van der Waals surface area (Å²) >= 11 is 0. The molecule has 8 heteroatoms. The molecule has 29 heavy (non-hydrogen) atoms. The molecular weight excluding hydrogens is 370 g/mol. The van der Waals surface area contributed by atoms with E-state index in [1.54, 1.807) is 0 Å². The number of likely N-dealkylation sites (N-methyl/N-ethyl adjacent to an activating group) is 1. The molecule has 3 aliphatic heterocycles. The minimum absolute atomic E-state index is 0.0757. The Kier molecular flexibility index (Phi) is 6.62. The minimum atomic E-state index is 0.0757. The van der Waals surface area contributed by atoms with Gasteiger partial charge in [0, 0.05) is 57.7 Å². The van der Waals surface area contributed by atoms with E-state index in [0.29, 0.717) is 12.5 Å². The van der Waals surface area contributed by atoms with E-state index in [9.17, 15) is 4.79 Å². The highest BCUT2D eigenvalue weighted by Crippen LogP contribution is 2.30. The van der Waals surface area contributed by atoms with Crippen molar-refractivity contribution in [2.75, 3.05) is 58.9 Å². The van der Waals surface area contributed by atoms with Crippen LogP contribution in [0.5, 0.6) is 0 Å². The Morgan fingerprint density at radius 2 is 2.07 bits per heavy atom. The number of rotatable bonds is 6. The highest BCUT2D eigenvalue weighted by molar-refractivity contribution is 5.77. The van der Waals surface area contributed by atoms with Crippen LogP contribution in [0.2, 0.25) is 0 Å². The number of hydrogen-bond donors (Lipinski definition) is 1. The molecule has 0 radical (unpaired) electrons. The molecule has 1 unspecified atom stereocenters. The van der Waals surface area contributed by atoms with E-state index >= 15 is 0 Å². The summed E-state index contributed by atoms with van der Waals surface area (Å²) in [5.41, 5.74) is 2.40. The molecule has 1 amide bonds. The summed E-state index contributed by atoms with van der Waals surface area (Å²) < 4.78 is 11.1. The zero-order valence-electron chi connectivity index (χ0n) is 17.7. The molecule has 160 valence electrons. The average molecular weight is 404 g/mol. The SMILES string of the molecule is CNc1nc(C2CCN(C(=O)COCC3CCCO3)CC2)nc2c1CN(C)CC2. The van der Waals surface area contributed by atoms with Crippen LogP contribution in [0, 0.1) is 0 Å². The van der Waals surface area contributed by atoms with Gasteiger partial charge in [-0.1, -0.05) is 0 Å². The number of amides is 1. The van der Waals surface area contributed by atoms with Crippen molar-refractivity contribution in [1.29, 1.82) is 0 Å². The van der Waals surface area contributed by atoms with Gasteiger partial charge in [0.25, 0.3) is 0 Å². The number of ether oxygens (including phenoxy) is 2. The van der Waals surface area contributed by atoms with E-state index in [0.717, 1.165) is 76.5 Å². The van der Waals surface area contributed by atoms with E-state index in [4.69, 9.17) is 19.4 Å². The number of aromatic nitrogens is 2. The van der Waals surface area contributed by atoms with Crippen LogP contribution in [0.25, 0.3) is 0 Å². The third-order valence-electron chi connectivity index (χ3n) is 6.27. The number of carbonyl (C=O) groups is 1. The summed E-state index contributed by atoms with van der Waals surface area (Å²) in [6.07, 6.45) is 5.06. The number of piperidine rings is 1. The number of nitrogens with one attached hydrogen (secondary N) is 1. The highest BCUT2D eigenvalue weighted by Gasteiger charge is 2.28. The van der Waals surface area contributed by atoms with E-state index in [1.165, 1.54) is 11.3 Å². The lowest BCUT2D eigenvalue weighted by Gasteiger charge is -2.32. The molecule has 0 aliphatic carbocycles. The van der Waals surface area contributed by atoms with Gasteiger partial charge in [-0.05, 0) is 32.7 Å². The van der Waals surface area contributed by atoms with Gasteiger partial charge < -0.3 is 24.6 Å². The van der Waals surface area contributed by atoms with Crippen LogP contribution in [0.1, 0.15) is 48.7 Å². The molecule has 4 heterocycles. The number of nitrogens with zero attached hydrogens (tertiary/aromatic N) is 4. The molecule has 0 bridgehead atoms. The maximum absolute atomic E-state index is 12.5. The van der Waals surface area contributed by atoms with Crippen molar-refractivity contribution >= 4 is 11.7 Å². The van der Waals surface area contributed by atoms with E-state index in [1.807, 2.05) is 11.9 Å². The topological polar surface area (TPSA) is 79.8 Å². The molecule has 1 aromatic rings. The number of fused-ring (bicyclic) bond motifs is 1. The molecule has 4 rings (SSSR count). The Labute approximate surface area is 173 Å². The fraction of sp³-hybridized carbons (Fsp3) is 0.762. The van der Waals surface area contributed by atoms with Crippen molar-refractivity contribution in [2.24, 2.45) is 0 Å². The standard InChI is InChI=1S/C21H33N5O3/c1-22-21-17-12-25(2)8-7-18(17)23-20(24-21)15-5-9-26(10-6-15)19(27)14-28-13-16-4-3-11-29-16/h15-16H,3-14H2,1-2H3,(H,22,23,24). The lowest BCUT2D eigenvalue weighted by molar-refractivity contribution is -0.138. The van der Waals surface area contributed by atoms with Gasteiger partial charge in [-0.25, -0.2) is 9.97 Å². The Hall–Kier alpha value is -1.77. The fourth-order valence-electron chi connectivity index (χ4n) is 4.49. The molecule has 0 saturated carbocycles. The number of likely N-dealkylation sites (tertiary alicyclic amines) is 1. The smallest absolute Gasteiger partial charge is 0.248 e. The van der Waals surface area contributed by atoms with E-state index < -0.39 is 0 Å². The number of anilines is 1. The summed E-state index contributed by atoms with van der Waals surface area (Å²) in [7, 11) is 4.06. The zero-order chi connectivity index (χ0) is 20.2. The van der Waals surface area contributed by atoms with Crippen LogP contribution >= 0.6 is 0 Å². The maximum atomic E-state index is 12.5. The van der Waals surface area contributed by atoms with Crippen molar-refractivity contribution in [3.63, 3.8) is 0 Å². The quantitative estimate of drug-likeness (QED) is 0.769. The van der Waals surface area contributed by atoms with Crippen LogP contribution in [0.15, 0.2) is 0 Å². The van der Waals surface area contributed by atoms with E-state index in [2.05, 4.69) is 17.3 Å². The lowest BCUT2D eigenvalue weighted by atomic mass is 9.95. The van der Waals surface area contributed by atoms with Crippen molar-refractivity contribution in [2.45, 2.75) is 50.7 Å². The molecule has 0 spiro atoms. The minimum Gasteiger partial charge on any atom is -0.376 e. The van der Waals surface area contributed by atoms with Crippen molar-refractivity contribution in [1.82, 2.24) is 19.8 Å². The first kappa shape index (κ1) is 20.5. The fourth-order valence-corrected chi connectivity index (χ4v) is 4.49. The second-order valence-corrected chi connectivity index (χ2v) is 8.40. The average Bonchev–Trinajstić information content (AvgIpc) is 3.26. The van der Waals surface area contributed by atoms with Crippen molar-refractivity contribution < 1.29 is 14.3 Å². The van der Waals surface area contributed by atoms with Crippen LogP contribution < -0.4 is 5.32 Å². The van der Waals surface area contributed by atoms with Crippen molar-refractivity contribution in [3.05, 3.63) is 17.1 Å². The first-order valence-corrected chi connectivity index (χ1v) is 10.9. The number of hydrogen-bond acceptors (Lipinski definition) is 7. The predicted molar refractivity (Wildman–Crippen MR) is 110 cm³/mol. The first-order chi connectivity index (χ1) is 14.1. The second kappa shape index (κ2) is 9.36. The Balaban J connectivity index is 1.30. The summed E-state index contributed by atoms with van der Waals surface area (Å²) in [5.74, 6) is 2.27. The summed E-state index contributed by atoms with van der Waals surface area (Å²) in [6.45, 7) is 4.89. The monoisotopic (exact) mass is 403 g/mol. The zero-order valence-corrected chi connectivity index (χ0v) is 17.7. The van der Waals surface area contributed by atoms with Crippen LogP contribution in [0.4, 0.5) is 5.82 Å². The molecule has 2 fully saturated rings. The van der Waals surface area contributed by atoms with E-state index in [-0.39, 0.29) is 18.6 Å². The molecule has 1 atom stereocenters. The summed E-state index contributed by atoms with van der Waals surface area (Å²) in [6, 6.07) is 0. The highest BCUT2D eigenvalue weighted by atomic mass is 16.5. The van der Waals surface area contributed by atoms with Gasteiger partial charge in [-0.3, -0.25) is 4.79 Å². The first-order valence-electron chi connectivity index (χ1n) is 10.9. The van der Waals surface area contributed by atoms with Crippen molar-refractivity contribution in [3.8, 4) is 0 Å². The molecule has 8 nitrogen and oxygen atoms in total. The molecule has 0 aromatic carbocycles. The Bertz CT molecular complexity index is 697. The van der Waals surface area contributed by atoms with Gasteiger partial charge in [0.1, 0.15) is 18.2 Å². The van der Waals surface area contributed by atoms with Crippen LogP contribution in [-0.4, -0.2) is 85.3 Å². The van der Waals surface area contributed by atoms with Gasteiger partial charge in [-0.2, -0.15) is 0 Å². The number of carbonyl (C=O) groups excluding carboxylic acids is 1. The molecule has 1 N–H and O–H groups in total. The predicted octanol–water partition coefficient (Wildman–Crippen LogP) is 1.41. The normalized spacial score (nSPS) is 23.2. The molecule has 2 saturated heterocycles.